The molecule has 2 aliphatic rings. The Morgan fingerprint density at radius 1 is 0.683 bits per heavy atom. The molecule has 5 rings (SSSR count). The van der Waals surface area contributed by atoms with Crippen molar-refractivity contribution in [3.05, 3.63) is 46.4 Å². The minimum Gasteiger partial charge on any atom is -0.355 e. The summed E-state index contributed by atoms with van der Waals surface area (Å²) < 4.78 is 2.02. The molecule has 0 atom stereocenters. The first kappa shape index (κ1) is 30.8. The molecule has 9 heteroatoms. The number of hydrogen-bond acceptors (Lipinski definition) is 6. The standard InChI is InChI=1S/C32H42N8.Mn/c1-29(2,3)21-16-20-15-18-13-14-19(33-18)17-22-38-39-28(40(22)32(10,11)12)37-27-35-25(26(36-27)31(7,8)9)23(24(21)34-20)30(4,5)6;/h13-17,34H,1-12H3;. The van der Waals surface area contributed by atoms with Crippen LogP contribution in [0.4, 0.5) is 5.95 Å². The van der Waals surface area contributed by atoms with E-state index in [0.29, 0.717) is 17.4 Å². The van der Waals surface area contributed by atoms with E-state index >= 15 is 0 Å². The Balaban J connectivity index is 0.00000387. The van der Waals surface area contributed by atoms with Crippen molar-refractivity contribution in [1.29, 1.82) is 0 Å². The zero-order chi connectivity index (χ0) is 29.4. The van der Waals surface area contributed by atoms with Crippen molar-refractivity contribution in [2.24, 2.45) is 10.4 Å². The van der Waals surface area contributed by atoms with E-state index in [-0.39, 0.29) is 38.9 Å². The molecule has 0 saturated carbocycles. The average Bonchev–Trinajstić information content (AvgIpc) is 3.53. The first-order valence-electron chi connectivity index (χ1n) is 14.0. The number of aromatic nitrogens is 7. The van der Waals surface area contributed by atoms with Crippen LogP contribution in [0.5, 0.6) is 0 Å². The number of aliphatic imine (C=N–C) groups is 1. The van der Waals surface area contributed by atoms with Crippen LogP contribution in [0.15, 0.2) is 23.2 Å². The van der Waals surface area contributed by atoms with Gasteiger partial charge in [-0.1, -0.05) is 62.3 Å². The van der Waals surface area contributed by atoms with E-state index < -0.39 is 0 Å². The number of hydrogen-bond donors (Lipinski definition) is 1. The maximum Gasteiger partial charge on any atom is 0.254 e. The minimum atomic E-state index is -0.327. The van der Waals surface area contributed by atoms with Gasteiger partial charge in [0, 0.05) is 50.7 Å². The molecule has 2 aliphatic heterocycles. The van der Waals surface area contributed by atoms with E-state index in [2.05, 4.69) is 110 Å². The van der Waals surface area contributed by atoms with Crippen molar-refractivity contribution in [1.82, 2.24) is 34.7 Å². The summed E-state index contributed by atoms with van der Waals surface area (Å²) in [5.74, 6) is 0.860. The molecule has 1 radical (unpaired) electrons. The SMILES string of the molecule is CC(C)(C)C1=Nc2nc1c(C(C)(C)C)c1[nH]c(cc3nc(cc4nnc(n2)n4C(C)(C)C)C=C3)cc1C(C)(C)C.[Mn]. The third-order valence-corrected chi connectivity index (χ3v) is 7.05. The molecule has 0 aliphatic carbocycles. The second-order valence-corrected chi connectivity index (χ2v) is 14.9. The number of nitrogens with zero attached hydrogens (tertiary/aromatic N) is 7. The fourth-order valence-corrected chi connectivity index (χ4v) is 5.30. The number of H-pyrrole nitrogens is 1. The first-order valence-corrected chi connectivity index (χ1v) is 14.0. The van der Waals surface area contributed by atoms with Crippen molar-refractivity contribution in [2.45, 2.75) is 99.5 Å². The maximum atomic E-state index is 5.13. The first-order chi connectivity index (χ1) is 18.3. The molecular weight excluding hydrogens is 551 g/mol. The molecule has 0 fully saturated rings. The van der Waals surface area contributed by atoms with Gasteiger partial charge in [-0.05, 0) is 61.4 Å². The van der Waals surface area contributed by atoms with Crippen LogP contribution in [0.25, 0.3) is 34.6 Å². The van der Waals surface area contributed by atoms with Crippen LogP contribution in [-0.4, -0.2) is 40.4 Å². The van der Waals surface area contributed by atoms with E-state index in [4.69, 9.17) is 19.9 Å². The van der Waals surface area contributed by atoms with Crippen molar-refractivity contribution in [3.63, 3.8) is 0 Å². The maximum absolute atomic E-state index is 5.13. The Bertz CT molecular complexity index is 1730. The second kappa shape index (κ2) is 9.99. The predicted octanol–water partition coefficient (Wildman–Crippen LogP) is 7.66. The molecule has 0 spiro atoms. The average molecular weight is 594 g/mol. The molecular formula is C32H42MnN8. The van der Waals surface area contributed by atoms with Crippen molar-refractivity contribution in [3.8, 4) is 0 Å². The van der Waals surface area contributed by atoms with Crippen LogP contribution in [0, 0.1) is 5.41 Å². The summed E-state index contributed by atoms with van der Waals surface area (Å²) in [6, 6.07) is 6.30. The van der Waals surface area contributed by atoms with Crippen molar-refractivity contribution in [2.75, 3.05) is 0 Å². The van der Waals surface area contributed by atoms with Gasteiger partial charge in [-0.3, -0.25) is 4.57 Å². The molecule has 0 amide bonds. The summed E-state index contributed by atoms with van der Waals surface area (Å²) in [6.45, 7) is 26.3. The molecule has 0 unspecified atom stereocenters. The summed E-state index contributed by atoms with van der Waals surface area (Å²) in [4.78, 5) is 23.7. The zero-order valence-electron chi connectivity index (χ0n) is 26.4. The molecule has 0 saturated heterocycles. The van der Waals surface area contributed by atoms with Gasteiger partial charge in [-0.15, -0.1) is 10.2 Å². The van der Waals surface area contributed by atoms with Gasteiger partial charge >= 0.3 is 0 Å². The number of rotatable bonds is 0. The molecule has 5 heterocycles. The quantitative estimate of drug-likeness (QED) is 0.211. The molecule has 217 valence electrons. The predicted molar refractivity (Wildman–Crippen MR) is 165 cm³/mol. The largest absolute Gasteiger partial charge is 0.355 e. The molecule has 3 aromatic heterocycles. The summed E-state index contributed by atoms with van der Waals surface area (Å²) in [5.41, 5.74) is 7.64. The third kappa shape index (κ3) is 5.93. The molecule has 8 bridgehead atoms. The van der Waals surface area contributed by atoms with Crippen molar-refractivity contribution >= 4 is 46.3 Å². The van der Waals surface area contributed by atoms with Gasteiger partial charge in [-0.25, -0.2) is 15.0 Å². The zero-order valence-corrected chi connectivity index (χ0v) is 27.6. The summed E-state index contributed by atoms with van der Waals surface area (Å²) in [5, 5.41) is 8.96. The van der Waals surface area contributed by atoms with E-state index in [1.165, 1.54) is 5.56 Å². The van der Waals surface area contributed by atoms with Gasteiger partial charge in [0.05, 0.1) is 22.8 Å². The molecule has 41 heavy (non-hydrogen) atoms. The van der Waals surface area contributed by atoms with Crippen LogP contribution in [0.2, 0.25) is 0 Å². The van der Waals surface area contributed by atoms with Gasteiger partial charge in [0.2, 0.25) is 0 Å². The van der Waals surface area contributed by atoms with Crippen molar-refractivity contribution < 1.29 is 17.1 Å². The van der Waals surface area contributed by atoms with E-state index in [0.717, 1.165) is 39.4 Å². The Kier molecular flexibility index (Phi) is 7.50. The Morgan fingerprint density at radius 3 is 1.88 bits per heavy atom. The number of nitrogens with one attached hydrogen (secondary N) is 1. The van der Waals surface area contributed by atoms with Gasteiger partial charge < -0.3 is 4.98 Å². The summed E-state index contributed by atoms with van der Waals surface area (Å²) >= 11 is 0. The Labute approximate surface area is 253 Å². The second-order valence-electron chi connectivity index (χ2n) is 14.9. The molecule has 8 nitrogen and oxygen atoms in total. The van der Waals surface area contributed by atoms with Gasteiger partial charge in [0.1, 0.15) is 0 Å². The van der Waals surface area contributed by atoms with Crippen LogP contribution in [0.1, 0.15) is 111 Å². The molecule has 1 N–H and O–H groups in total. The topological polar surface area (TPSA) is 97.5 Å². The van der Waals surface area contributed by atoms with Gasteiger partial charge in [0.15, 0.2) is 5.65 Å². The van der Waals surface area contributed by atoms with E-state index in [1.807, 2.05) is 22.8 Å². The van der Waals surface area contributed by atoms with Crippen LogP contribution in [0.3, 0.4) is 0 Å². The normalized spacial score (nSPS) is 14.2. The van der Waals surface area contributed by atoms with Crippen LogP contribution >= 0.6 is 0 Å². The monoisotopic (exact) mass is 593 g/mol. The molecule has 0 aromatic carbocycles. The summed E-state index contributed by atoms with van der Waals surface area (Å²) in [6.07, 6.45) is 4.04. The number of fused-ring (bicyclic) bond motifs is 8. The van der Waals surface area contributed by atoms with E-state index in [1.54, 1.807) is 0 Å². The van der Waals surface area contributed by atoms with E-state index in [9.17, 15) is 0 Å². The van der Waals surface area contributed by atoms with Crippen LogP contribution < -0.4 is 0 Å². The fourth-order valence-electron chi connectivity index (χ4n) is 5.30. The fraction of sp³-hybridized carbons (Fsp3) is 0.500. The Hall–Kier alpha value is -3.16. The molecule has 3 aromatic rings. The third-order valence-electron chi connectivity index (χ3n) is 7.05. The summed E-state index contributed by atoms with van der Waals surface area (Å²) in [7, 11) is 0. The van der Waals surface area contributed by atoms with Gasteiger partial charge in [0.25, 0.3) is 11.7 Å². The van der Waals surface area contributed by atoms with Crippen LogP contribution in [-0.2, 0) is 33.4 Å². The number of aromatic amines is 1. The Morgan fingerprint density at radius 2 is 1.32 bits per heavy atom. The van der Waals surface area contributed by atoms with Gasteiger partial charge in [-0.2, -0.15) is 4.98 Å². The minimum absolute atomic E-state index is 0. The smallest absolute Gasteiger partial charge is 0.254 e.